The third-order valence-corrected chi connectivity index (χ3v) is 2.91. The maximum Gasteiger partial charge on any atom is 0.332 e. The van der Waals surface area contributed by atoms with Gasteiger partial charge in [0.15, 0.2) is 6.10 Å². The van der Waals surface area contributed by atoms with Crippen molar-refractivity contribution in [2.45, 2.75) is 77.7 Å². The van der Waals surface area contributed by atoms with Crippen molar-refractivity contribution in [2.75, 3.05) is 6.61 Å². The molecular weight excluding hydrogens is 216 g/mol. The van der Waals surface area contributed by atoms with Gasteiger partial charge in [-0.15, -0.1) is 0 Å². The lowest BCUT2D eigenvalue weighted by Crippen LogP contribution is -2.24. The fourth-order valence-electron chi connectivity index (χ4n) is 1.79. The standard InChI is InChI=1S/C14H28O3/c1-3-5-7-9-11-13(14(15)16)17-12-10-8-6-4-2/h13H,3-12H2,1-2H3,(H,15,16). The average molecular weight is 244 g/mol. The molecule has 3 heteroatoms. The van der Waals surface area contributed by atoms with Crippen LogP contribution in [0.4, 0.5) is 0 Å². The maximum atomic E-state index is 11.0. The molecule has 0 aliphatic heterocycles. The first kappa shape index (κ1) is 16.4. The molecular formula is C14H28O3. The summed E-state index contributed by atoms with van der Waals surface area (Å²) >= 11 is 0. The Kier molecular flexibility index (Phi) is 11.5. The second-order valence-corrected chi connectivity index (χ2v) is 4.61. The molecule has 1 N–H and O–H groups in total. The lowest BCUT2D eigenvalue weighted by molar-refractivity contribution is -0.151. The van der Waals surface area contributed by atoms with Crippen molar-refractivity contribution >= 4 is 5.97 Å². The Hall–Kier alpha value is -0.570. The molecule has 0 aliphatic carbocycles. The van der Waals surface area contributed by atoms with Gasteiger partial charge < -0.3 is 9.84 Å². The van der Waals surface area contributed by atoms with Crippen molar-refractivity contribution in [1.82, 2.24) is 0 Å². The molecule has 0 aromatic heterocycles. The zero-order chi connectivity index (χ0) is 12.9. The van der Waals surface area contributed by atoms with Crippen molar-refractivity contribution in [3.05, 3.63) is 0 Å². The molecule has 0 amide bonds. The number of rotatable bonds is 12. The van der Waals surface area contributed by atoms with Gasteiger partial charge >= 0.3 is 5.97 Å². The van der Waals surface area contributed by atoms with Gasteiger partial charge in [0, 0.05) is 6.61 Å². The monoisotopic (exact) mass is 244 g/mol. The number of unbranched alkanes of at least 4 members (excludes halogenated alkanes) is 6. The Balaban J connectivity index is 3.57. The van der Waals surface area contributed by atoms with E-state index in [2.05, 4.69) is 13.8 Å². The zero-order valence-corrected chi connectivity index (χ0v) is 11.4. The lowest BCUT2D eigenvalue weighted by Gasteiger charge is -2.13. The Morgan fingerprint density at radius 2 is 1.59 bits per heavy atom. The van der Waals surface area contributed by atoms with E-state index >= 15 is 0 Å². The van der Waals surface area contributed by atoms with Gasteiger partial charge in [-0.3, -0.25) is 0 Å². The van der Waals surface area contributed by atoms with Crippen LogP contribution in [0.1, 0.15) is 71.6 Å². The van der Waals surface area contributed by atoms with Crippen LogP contribution in [0, 0.1) is 0 Å². The minimum Gasteiger partial charge on any atom is -0.479 e. The second-order valence-electron chi connectivity index (χ2n) is 4.61. The van der Waals surface area contributed by atoms with Gasteiger partial charge in [-0.25, -0.2) is 4.79 Å². The summed E-state index contributed by atoms with van der Waals surface area (Å²) < 4.78 is 5.43. The van der Waals surface area contributed by atoms with Crippen LogP contribution in [0.5, 0.6) is 0 Å². The molecule has 3 nitrogen and oxygen atoms in total. The highest BCUT2D eigenvalue weighted by Gasteiger charge is 2.16. The molecule has 0 saturated carbocycles. The van der Waals surface area contributed by atoms with Gasteiger partial charge in [0.25, 0.3) is 0 Å². The van der Waals surface area contributed by atoms with Gasteiger partial charge in [0.2, 0.25) is 0 Å². The van der Waals surface area contributed by atoms with Crippen LogP contribution in [0.25, 0.3) is 0 Å². The number of hydrogen-bond donors (Lipinski definition) is 1. The van der Waals surface area contributed by atoms with Crippen molar-refractivity contribution in [1.29, 1.82) is 0 Å². The third-order valence-electron chi connectivity index (χ3n) is 2.91. The molecule has 0 radical (unpaired) electrons. The van der Waals surface area contributed by atoms with Crippen molar-refractivity contribution < 1.29 is 14.6 Å². The number of carbonyl (C=O) groups is 1. The fraction of sp³-hybridized carbons (Fsp3) is 0.929. The molecule has 17 heavy (non-hydrogen) atoms. The summed E-state index contributed by atoms with van der Waals surface area (Å²) in [5.41, 5.74) is 0. The summed E-state index contributed by atoms with van der Waals surface area (Å²) in [5.74, 6) is -0.808. The largest absolute Gasteiger partial charge is 0.479 e. The van der Waals surface area contributed by atoms with E-state index in [9.17, 15) is 4.79 Å². The molecule has 0 bridgehead atoms. The summed E-state index contributed by atoms with van der Waals surface area (Å²) in [6.45, 7) is 4.90. The molecule has 0 heterocycles. The number of hydrogen-bond acceptors (Lipinski definition) is 2. The Morgan fingerprint density at radius 1 is 1.00 bits per heavy atom. The molecule has 0 spiro atoms. The zero-order valence-electron chi connectivity index (χ0n) is 11.4. The van der Waals surface area contributed by atoms with Crippen LogP contribution in [0.2, 0.25) is 0 Å². The number of aliphatic carboxylic acids is 1. The van der Waals surface area contributed by atoms with E-state index in [4.69, 9.17) is 9.84 Å². The molecule has 0 saturated heterocycles. The molecule has 0 fully saturated rings. The minimum atomic E-state index is -0.808. The van der Waals surface area contributed by atoms with Crippen molar-refractivity contribution in [3.63, 3.8) is 0 Å². The maximum absolute atomic E-state index is 11.0. The molecule has 1 unspecified atom stereocenters. The highest BCUT2D eigenvalue weighted by Crippen LogP contribution is 2.10. The van der Waals surface area contributed by atoms with Gasteiger partial charge in [-0.05, 0) is 12.8 Å². The van der Waals surface area contributed by atoms with E-state index in [-0.39, 0.29) is 0 Å². The Labute approximate surface area is 106 Å². The van der Waals surface area contributed by atoms with E-state index < -0.39 is 12.1 Å². The van der Waals surface area contributed by atoms with Gasteiger partial charge in [0.05, 0.1) is 0 Å². The fourth-order valence-corrected chi connectivity index (χ4v) is 1.79. The molecule has 0 aromatic carbocycles. The van der Waals surface area contributed by atoms with E-state index in [0.717, 1.165) is 25.7 Å². The Bertz CT molecular complexity index is 180. The minimum absolute atomic E-state index is 0.588. The second kappa shape index (κ2) is 11.9. The first-order valence-electron chi connectivity index (χ1n) is 7.06. The highest BCUT2D eigenvalue weighted by atomic mass is 16.5. The average Bonchev–Trinajstić information content (AvgIpc) is 2.31. The van der Waals surface area contributed by atoms with E-state index in [0.29, 0.717) is 13.0 Å². The first-order valence-corrected chi connectivity index (χ1v) is 7.06. The predicted molar refractivity (Wildman–Crippen MR) is 70.3 cm³/mol. The van der Waals surface area contributed by atoms with Crippen LogP contribution in [0.3, 0.4) is 0 Å². The smallest absolute Gasteiger partial charge is 0.332 e. The first-order chi connectivity index (χ1) is 8.22. The molecule has 102 valence electrons. The normalized spacial score (nSPS) is 12.6. The third kappa shape index (κ3) is 10.3. The van der Waals surface area contributed by atoms with Crippen LogP contribution in [-0.2, 0) is 9.53 Å². The van der Waals surface area contributed by atoms with Gasteiger partial charge in [-0.1, -0.05) is 58.8 Å². The highest BCUT2D eigenvalue weighted by molar-refractivity contribution is 5.72. The summed E-state index contributed by atoms with van der Waals surface area (Å²) in [5, 5.41) is 9.01. The van der Waals surface area contributed by atoms with Crippen LogP contribution < -0.4 is 0 Å². The summed E-state index contributed by atoms with van der Waals surface area (Å²) in [6, 6.07) is 0. The number of carboxylic acid groups (broad SMARTS) is 1. The summed E-state index contributed by atoms with van der Waals surface area (Å²) in [4.78, 5) is 11.0. The topological polar surface area (TPSA) is 46.5 Å². The Morgan fingerprint density at radius 3 is 2.12 bits per heavy atom. The van der Waals surface area contributed by atoms with Gasteiger partial charge in [-0.2, -0.15) is 0 Å². The summed E-state index contributed by atoms with van der Waals surface area (Å²) in [6.07, 6.45) is 9.01. The summed E-state index contributed by atoms with van der Waals surface area (Å²) in [7, 11) is 0. The van der Waals surface area contributed by atoms with Crippen molar-refractivity contribution in [2.24, 2.45) is 0 Å². The van der Waals surface area contributed by atoms with Crippen molar-refractivity contribution in [3.8, 4) is 0 Å². The molecule has 0 aliphatic rings. The van der Waals surface area contributed by atoms with E-state index in [1.54, 1.807) is 0 Å². The number of ether oxygens (including phenoxy) is 1. The molecule has 0 aromatic rings. The van der Waals surface area contributed by atoms with Gasteiger partial charge in [0.1, 0.15) is 0 Å². The molecule has 1 atom stereocenters. The van der Waals surface area contributed by atoms with Crippen LogP contribution in [0.15, 0.2) is 0 Å². The quantitative estimate of drug-likeness (QED) is 0.528. The SMILES string of the molecule is CCCCCCOC(CCCCCC)C(=O)O. The van der Waals surface area contributed by atoms with Crippen LogP contribution in [-0.4, -0.2) is 23.8 Å². The van der Waals surface area contributed by atoms with Crippen LogP contribution >= 0.6 is 0 Å². The van der Waals surface area contributed by atoms with E-state index in [1.165, 1.54) is 25.7 Å². The predicted octanol–water partition coefficient (Wildman–Crippen LogP) is 4.01. The van der Waals surface area contributed by atoms with E-state index in [1.807, 2.05) is 0 Å². The number of carboxylic acids is 1. The molecule has 0 rings (SSSR count). The lowest BCUT2D eigenvalue weighted by atomic mass is 10.1.